The molecular formula is C14H14FNO. The summed E-state index contributed by atoms with van der Waals surface area (Å²) in [6, 6.07) is 7.22. The van der Waals surface area contributed by atoms with Gasteiger partial charge in [0, 0.05) is 12.8 Å². The van der Waals surface area contributed by atoms with Gasteiger partial charge in [-0.25, -0.2) is 4.39 Å². The number of halogens is 1. The van der Waals surface area contributed by atoms with Crippen LogP contribution in [-0.4, -0.2) is 5.78 Å². The van der Waals surface area contributed by atoms with E-state index in [4.69, 9.17) is 0 Å². The quantitative estimate of drug-likeness (QED) is 0.745. The van der Waals surface area contributed by atoms with E-state index in [1.54, 1.807) is 19.1 Å². The molecular weight excluding hydrogens is 217 g/mol. The Morgan fingerprint density at radius 2 is 2.00 bits per heavy atom. The van der Waals surface area contributed by atoms with Crippen molar-refractivity contribution < 1.29 is 9.18 Å². The molecule has 1 fully saturated rings. The Balaban J connectivity index is 2.38. The van der Waals surface area contributed by atoms with E-state index in [1.165, 1.54) is 6.07 Å². The lowest BCUT2D eigenvalue weighted by molar-refractivity contribution is -0.120. The van der Waals surface area contributed by atoms with Crippen LogP contribution in [0.2, 0.25) is 0 Å². The molecule has 0 atom stereocenters. The van der Waals surface area contributed by atoms with Crippen molar-refractivity contribution in [2.75, 3.05) is 0 Å². The van der Waals surface area contributed by atoms with Gasteiger partial charge < -0.3 is 0 Å². The van der Waals surface area contributed by atoms with Crippen molar-refractivity contribution in [3.8, 4) is 6.07 Å². The smallest absolute Gasteiger partial charge is 0.133 e. The van der Waals surface area contributed by atoms with Crippen LogP contribution in [0.25, 0.3) is 0 Å². The van der Waals surface area contributed by atoms with E-state index in [2.05, 4.69) is 6.07 Å². The van der Waals surface area contributed by atoms with E-state index in [0.29, 0.717) is 36.8 Å². The molecule has 1 aromatic carbocycles. The first-order valence-electron chi connectivity index (χ1n) is 5.77. The third-order valence-electron chi connectivity index (χ3n) is 3.60. The number of benzene rings is 1. The number of nitriles is 1. The maximum Gasteiger partial charge on any atom is 0.133 e. The monoisotopic (exact) mass is 231 g/mol. The van der Waals surface area contributed by atoms with Crippen LogP contribution in [0.1, 0.15) is 36.8 Å². The number of ketones is 1. The molecule has 0 N–H and O–H groups in total. The molecule has 2 rings (SSSR count). The van der Waals surface area contributed by atoms with Gasteiger partial charge in [-0.2, -0.15) is 5.26 Å². The summed E-state index contributed by atoms with van der Waals surface area (Å²) in [5, 5.41) is 9.36. The molecule has 0 amide bonds. The lowest BCUT2D eigenvalue weighted by Gasteiger charge is -2.30. The molecule has 17 heavy (non-hydrogen) atoms. The summed E-state index contributed by atoms with van der Waals surface area (Å²) in [6.07, 6.45) is 1.85. The second-order valence-electron chi connectivity index (χ2n) is 4.70. The highest BCUT2D eigenvalue weighted by molar-refractivity contribution is 5.80. The molecule has 0 bridgehead atoms. The van der Waals surface area contributed by atoms with E-state index in [0.717, 1.165) is 0 Å². The highest BCUT2D eigenvalue weighted by Gasteiger charge is 2.36. The Morgan fingerprint density at radius 1 is 1.35 bits per heavy atom. The standard InChI is InChI=1S/C14H14FNO/c1-10-2-3-11(8-13(10)15)14(9-16)6-4-12(17)5-7-14/h2-3,8H,4-7H2,1H3. The molecule has 1 saturated carbocycles. The molecule has 3 heteroatoms. The van der Waals surface area contributed by atoms with Crippen molar-refractivity contribution in [2.45, 2.75) is 38.0 Å². The van der Waals surface area contributed by atoms with Gasteiger partial charge >= 0.3 is 0 Å². The molecule has 0 spiro atoms. The van der Waals surface area contributed by atoms with E-state index in [1.807, 2.05) is 0 Å². The number of rotatable bonds is 1. The maximum absolute atomic E-state index is 13.5. The first kappa shape index (κ1) is 11.8. The van der Waals surface area contributed by atoms with Crippen LogP contribution >= 0.6 is 0 Å². The molecule has 88 valence electrons. The van der Waals surface area contributed by atoms with Crippen LogP contribution in [0.5, 0.6) is 0 Å². The highest BCUT2D eigenvalue weighted by Crippen LogP contribution is 2.38. The van der Waals surface area contributed by atoms with Gasteiger partial charge in [0.25, 0.3) is 0 Å². The van der Waals surface area contributed by atoms with Crippen molar-refractivity contribution in [3.63, 3.8) is 0 Å². The number of nitrogens with zero attached hydrogens (tertiary/aromatic N) is 1. The zero-order valence-corrected chi connectivity index (χ0v) is 9.79. The van der Waals surface area contributed by atoms with Crippen molar-refractivity contribution in [1.29, 1.82) is 5.26 Å². The van der Waals surface area contributed by atoms with Crippen LogP contribution in [0.4, 0.5) is 4.39 Å². The van der Waals surface area contributed by atoms with Gasteiger partial charge in [0.1, 0.15) is 11.6 Å². The average molecular weight is 231 g/mol. The van der Waals surface area contributed by atoms with E-state index in [9.17, 15) is 14.4 Å². The Labute approximate surface area is 100 Å². The Morgan fingerprint density at radius 3 is 2.53 bits per heavy atom. The van der Waals surface area contributed by atoms with Gasteiger partial charge in [0.15, 0.2) is 0 Å². The van der Waals surface area contributed by atoms with Crippen LogP contribution in [-0.2, 0) is 10.2 Å². The van der Waals surface area contributed by atoms with Crippen molar-refractivity contribution in [2.24, 2.45) is 0 Å². The normalized spacial score (nSPS) is 18.8. The Bertz CT molecular complexity index is 491. The van der Waals surface area contributed by atoms with Crippen LogP contribution < -0.4 is 0 Å². The molecule has 0 aliphatic heterocycles. The number of carbonyl (C=O) groups is 1. The number of hydrogen-bond acceptors (Lipinski definition) is 2. The molecule has 1 aliphatic carbocycles. The maximum atomic E-state index is 13.5. The second-order valence-corrected chi connectivity index (χ2v) is 4.70. The number of carbonyl (C=O) groups excluding carboxylic acids is 1. The van der Waals surface area contributed by atoms with Gasteiger partial charge in [-0.1, -0.05) is 12.1 Å². The fourth-order valence-corrected chi connectivity index (χ4v) is 2.31. The summed E-state index contributed by atoms with van der Waals surface area (Å²) in [4.78, 5) is 11.2. The third-order valence-corrected chi connectivity index (χ3v) is 3.60. The highest BCUT2D eigenvalue weighted by atomic mass is 19.1. The topological polar surface area (TPSA) is 40.9 Å². The number of hydrogen-bond donors (Lipinski definition) is 0. The molecule has 0 saturated heterocycles. The van der Waals surface area contributed by atoms with Crippen LogP contribution in [0, 0.1) is 24.1 Å². The average Bonchev–Trinajstić information content (AvgIpc) is 2.34. The Kier molecular flexibility index (Phi) is 2.97. The van der Waals surface area contributed by atoms with Gasteiger partial charge in [-0.05, 0) is 37.0 Å². The lowest BCUT2D eigenvalue weighted by Crippen LogP contribution is -2.30. The largest absolute Gasteiger partial charge is 0.300 e. The minimum absolute atomic E-state index is 0.198. The first-order valence-corrected chi connectivity index (χ1v) is 5.77. The minimum Gasteiger partial charge on any atom is -0.300 e. The van der Waals surface area contributed by atoms with Gasteiger partial charge in [0.05, 0.1) is 11.5 Å². The summed E-state index contributed by atoms with van der Waals surface area (Å²) < 4.78 is 13.5. The van der Waals surface area contributed by atoms with E-state index >= 15 is 0 Å². The first-order chi connectivity index (χ1) is 8.07. The van der Waals surface area contributed by atoms with Crippen LogP contribution in [0.3, 0.4) is 0 Å². The molecule has 1 aliphatic rings. The number of aryl methyl sites for hydroxylation is 1. The number of Topliss-reactive ketones (excluding diaryl/α,β-unsaturated/α-hetero) is 1. The predicted molar refractivity (Wildman–Crippen MR) is 61.9 cm³/mol. The predicted octanol–water partition coefficient (Wildman–Crippen LogP) is 3.04. The Hall–Kier alpha value is -1.69. The fraction of sp³-hybridized carbons (Fsp3) is 0.429. The van der Waals surface area contributed by atoms with Crippen molar-refractivity contribution >= 4 is 5.78 Å². The second kappa shape index (κ2) is 4.29. The molecule has 0 unspecified atom stereocenters. The van der Waals surface area contributed by atoms with E-state index < -0.39 is 5.41 Å². The third kappa shape index (κ3) is 2.08. The fourth-order valence-electron chi connectivity index (χ4n) is 2.31. The SMILES string of the molecule is Cc1ccc(C2(C#N)CCC(=O)CC2)cc1F. The van der Waals surface area contributed by atoms with Gasteiger partial charge in [-0.3, -0.25) is 4.79 Å². The molecule has 1 aromatic rings. The van der Waals surface area contributed by atoms with Gasteiger partial charge in [-0.15, -0.1) is 0 Å². The molecule has 2 nitrogen and oxygen atoms in total. The summed E-state index contributed by atoms with van der Waals surface area (Å²) in [5.74, 6) is -0.0857. The van der Waals surface area contributed by atoms with Crippen molar-refractivity contribution in [1.82, 2.24) is 0 Å². The lowest BCUT2D eigenvalue weighted by atomic mass is 9.70. The summed E-state index contributed by atoms with van der Waals surface area (Å²) >= 11 is 0. The molecule has 0 heterocycles. The molecule has 0 radical (unpaired) electrons. The van der Waals surface area contributed by atoms with Crippen molar-refractivity contribution in [3.05, 3.63) is 35.1 Å². The summed E-state index contributed by atoms with van der Waals surface area (Å²) in [6.45, 7) is 1.70. The summed E-state index contributed by atoms with van der Waals surface area (Å²) in [7, 11) is 0. The zero-order valence-electron chi connectivity index (χ0n) is 9.79. The van der Waals surface area contributed by atoms with Crippen LogP contribution in [0.15, 0.2) is 18.2 Å². The van der Waals surface area contributed by atoms with Gasteiger partial charge in [0.2, 0.25) is 0 Å². The van der Waals surface area contributed by atoms with E-state index in [-0.39, 0.29) is 11.6 Å². The zero-order chi connectivity index (χ0) is 12.5. The molecule has 0 aromatic heterocycles. The minimum atomic E-state index is -0.678. The summed E-state index contributed by atoms with van der Waals surface area (Å²) in [5.41, 5.74) is 0.604.